The van der Waals surface area contributed by atoms with Crippen molar-refractivity contribution in [3.8, 4) is 0 Å². The van der Waals surface area contributed by atoms with Gasteiger partial charge in [-0.25, -0.2) is 9.67 Å². The summed E-state index contributed by atoms with van der Waals surface area (Å²) in [5, 5.41) is 8.43. The monoisotopic (exact) mass is 302 g/mol. The molecule has 1 aliphatic heterocycles. The molecular weight excluding hydrogens is 280 g/mol. The van der Waals surface area contributed by atoms with Crippen molar-refractivity contribution in [1.82, 2.24) is 29.4 Å². The summed E-state index contributed by atoms with van der Waals surface area (Å²) in [5.74, 6) is 0.110. The minimum atomic E-state index is -0.317. The van der Waals surface area contributed by atoms with Gasteiger partial charge in [0.2, 0.25) is 5.91 Å². The summed E-state index contributed by atoms with van der Waals surface area (Å²) in [6.45, 7) is 5.47. The summed E-state index contributed by atoms with van der Waals surface area (Å²) in [6, 6.07) is -0.117. The molecule has 2 unspecified atom stereocenters. The first kappa shape index (κ1) is 14.7. The first-order valence-corrected chi connectivity index (χ1v) is 7.79. The highest BCUT2D eigenvalue weighted by molar-refractivity contribution is 5.80. The summed E-state index contributed by atoms with van der Waals surface area (Å²) in [4.78, 5) is 18.7. The molecule has 7 heteroatoms. The van der Waals surface area contributed by atoms with Gasteiger partial charge in [-0.05, 0) is 38.7 Å². The summed E-state index contributed by atoms with van der Waals surface area (Å²) in [5.41, 5.74) is 1.14. The molecule has 2 atom stereocenters. The SMILES string of the molecule is Cc1cnn(CC2CCCCN2C(=O)C(C)n2cncn2)c1. The molecule has 0 aromatic carbocycles. The van der Waals surface area contributed by atoms with Crippen LogP contribution in [0.2, 0.25) is 0 Å². The van der Waals surface area contributed by atoms with Gasteiger partial charge in [0.15, 0.2) is 0 Å². The molecule has 0 saturated carbocycles. The lowest BCUT2D eigenvalue weighted by Crippen LogP contribution is -2.48. The Morgan fingerprint density at radius 2 is 2.27 bits per heavy atom. The molecule has 3 rings (SSSR count). The molecular formula is C15H22N6O. The number of amides is 1. The first-order valence-electron chi connectivity index (χ1n) is 7.79. The van der Waals surface area contributed by atoms with Gasteiger partial charge in [-0.2, -0.15) is 10.2 Å². The van der Waals surface area contributed by atoms with Crippen molar-refractivity contribution >= 4 is 5.91 Å². The van der Waals surface area contributed by atoms with Gasteiger partial charge in [0.1, 0.15) is 18.7 Å². The Balaban J connectivity index is 1.73. The van der Waals surface area contributed by atoms with Crippen molar-refractivity contribution in [1.29, 1.82) is 0 Å². The van der Waals surface area contributed by atoms with Gasteiger partial charge in [-0.3, -0.25) is 9.48 Å². The number of rotatable bonds is 4. The maximum Gasteiger partial charge on any atom is 0.247 e. The summed E-state index contributed by atoms with van der Waals surface area (Å²) in [7, 11) is 0. The lowest BCUT2D eigenvalue weighted by atomic mass is 10.0. The molecule has 2 aromatic heterocycles. The standard InChI is InChI=1S/C15H22N6O/c1-12-7-17-19(8-12)9-14-5-3-4-6-20(14)15(22)13(2)21-11-16-10-18-21/h7-8,10-11,13-14H,3-6,9H2,1-2H3. The van der Waals surface area contributed by atoms with Gasteiger partial charge in [0.25, 0.3) is 0 Å². The predicted octanol–water partition coefficient (Wildman–Crippen LogP) is 1.43. The minimum Gasteiger partial charge on any atom is -0.336 e. The molecule has 0 spiro atoms. The number of hydrogen-bond donors (Lipinski definition) is 0. The molecule has 118 valence electrons. The zero-order valence-electron chi connectivity index (χ0n) is 13.1. The molecule has 0 bridgehead atoms. The number of likely N-dealkylation sites (tertiary alicyclic amines) is 1. The number of aromatic nitrogens is 5. The van der Waals surface area contributed by atoms with Gasteiger partial charge < -0.3 is 4.90 Å². The Kier molecular flexibility index (Phi) is 4.22. The highest BCUT2D eigenvalue weighted by atomic mass is 16.2. The fourth-order valence-electron chi connectivity index (χ4n) is 3.03. The summed E-state index contributed by atoms with van der Waals surface area (Å²) < 4.78 is 3.55. The number of piperidine rings is 1. The van der Waals surface area contributed by atoms with E-state index < -0.39 is 0 Å². The van der Waals surface area contributed by atoms with Crippen LogP contribution < -0.4 is 0 Å². The second kappa shape index (κ2) is 6.29. The van der Waals surface area contributed by atoms with E-state index in [4.69, 9.17) is 0 Å². The molecule has 1 fully saturated rings. The van der Waals surface area contributed by atoms with E-state index in [1.165, 1.54) is 6.33 Å². The lowest BCUT2D eigenvalue weighted by Gasteiger charge is -2.37. The van der Waals surface area contributed by atoms with E-state index in [-0.39, 0.29) is 18.0 Å². The van der Waals surface area contributed by atoms with E-state index in [0.29, 0.717) is 0 Å². The summed E-state index contributed by atoms with van der Waals surface area (Å²) >= 11 is 0. The van der Waals surface area contributed by atoms with E-state index >= 15 is 0 Å². The second-order valence-corrected chi connectivity index (χ2v) is 5.97. The lowest BCUT2D eigenvalue weighted by molar-refractivity contribution is -0.138. The smallest absolute Gasteiger partial charge is 0.247 e. The molecule has 7 nitrogen and oxygen atoms in total. The molecule has 1 amide bonds. The molecule has 3 heterocycles. The van der Waals surface area contributed by atoms with Crippen molar-refractivity contribution < 1.29 is 4.79 Å². The van der Waals surface area contributed by atoms with Crippen LogP contribution in [-0.2, 0) is 11.3 Å². The molecule has 2 aromatic rings. The predicted molar refractivity (Wildman–Crippen MR) is 81.0 cm³/mol. The van der Waals surface area contributed by atoms with Gasteiger partial charge in [-0.1, -0.05) is 0 Å². The van der Waals surface area contributed by atoms with Crippen LogP contribution >= 0.6 is 0 Å². The van der Waals surface area contributed by atoms with E-state index in [9.17, 15) is 4.79 Å². The highest BCUT2D eigenvalue weighted by Gasteiger charge is 2.31. The average molecular weight is 302 g/mol. The fraction of sp³-hybridized carbons (Fsp3) is 0.600. The van der Waals surface area contributed by atoms with E-state index in [2.05, 4.69) is 15.2 Å². The topological polar surface area (TPSA) is 68.8 Å². The fourth-order valence-corrected chi connectivity index (χ4v) is 3.03. The third-order valence-electron chi connectivity index (χ3n) is 4.26. The van der Waals surface area contributed by atoms with Crippen LogP contribution in [0.25, 0.3) is 0 Å². The van der Waals surface area contributed by atoms with Crippen molar-refractivity contribution in [3.63, 3.8) is 0 Å². The van der Waals surface area contributed by atoms with Crippen molar-refractivity contribution in [2.75, 3.05) is 6.54 Å². The zero-order valence-corrected chi connectivity index (χ0v) is 13.1. The first-order chi connectivity index (χ1) is 10.6. The van der Waals surface area contributed by atoms with Crippen LogP contribution in [0.15, 0.2) is 25.0 Å². The zero-order chi connectivity index (χ0) is 15.5. The third kappa shape index (κ3) is 3.03. The number of carbonyl (C=O) groups excluding carboxylic acids is 1. The normalized spacial score (nSPS) is 20.1. The number of nitrogens with zero attached hydrogens (tertiary/aromatic N) is 6. The van der Waals surface area contributed by atoms with Crippen LogP contribution in [0.3, 0.4) is 0 Å². The minimum absolute atomic E-state index is 0.110. The van der Waals surface area contributed by atoms with Crippen LogP contribution in [-0.4, -0.2) is 47.9 Å². The van der Waals surface area contributed by atoms with Crippen LogP contribution in [0.5, 0.6) is 0 Å². The van der Waals surface area contributed by atoms with Crippen molar-refractivity contribution in [2.24, 2.45) is 0 Å². The maximum atomic E-state index is 12.8. The molecule has 22 heavy (non-hydrogen) atoms. The van der Waals surface area contributed by atoms with E-state index in [1.54, 1.807) is 11.0 Å². The molecule has 1 saturated heterocycles. The quantitative estimate of drug-likeness (QED) is 0.856. The number of carbonyl (C=O) groups is 1. The van der Waals surface area contributed by atoms with Crippen LogP contribution in [0, 0.1) is 6.92 Å². The Morgan fingerprint density at radius 1 is 1.41 bits per heavy atom. The Bertz CT molecular complexity index is 620. The van der Waals surface area contributed by atoms with Gasteiger partial charge >= 0.3 is 0 Å². The van der Waals surface area contributed by atoms with Gasteiger partial charge in [-0.15, -0.1) is 0 Å². The second-order valence-electron chi connectivity index (χ2n) is 5.97. The average Bonchev–Trinajstić information content (AvgIpc) is 3.18. The largest absolute Gasteiger partial charge is 0.336 e. The molecule has 0 aliphatic carbocycles. The molecule has 1 aliphatic rings. The molecule has 0 N–H and O–H groups in total. The molecule has 0 radical (unpaired) electrons. The third-order valence-corrected chi connectivity index (χ3v) is 4.26. The maximum absolute atomic E-state index is 12.8. The van der Waals surface area contributed by atoms with Crippen LogP contribution in [0.1, 0.15) is 37.8 Å². The highest BCUT2D eigenvalue weighted by Crippen LogP contribution is 2.22. The Labute approximate surface area is 129 Å². The Morgan fingerprint density at radius 3 is 2.95 bits per heavy atom. The van der Waals surface area contributed by atoms with Crippen LogP contribution in [0.4, 0.5) is 0 Å². The van der Waals surface area contributed by atoms with E-state index in [0.717, 1.165) is 37.9 Å². The number of aryl methyl sites for hydroxylation is 1. The Hall–Kier alpha value is -2.18. The van der Waals surface area contributed by atoms with Crippen molar-refractivity contribution in [3.05, 3.63) is 30.6 Å². The van der Waals surface area contributed by atoms with E-state index in [1.807, 2.05) is 35.8 Å². The van der Waals surface area contributed by atoms with Gasteiger partial charge in [0.05, 0.1) is 18.8 Å². The summed E-state index contributed by atoms with van der Waals surface area (Å²) in [6.07, 6.45) is 10.2. The number of hydrogen-bond acceptors (Lipinski definition) is 4. The van der Waals surface area contributed by atoms with Crippen molar-refractivity contribution in [2.45, 2.75) is 51.7 Å². The van der Waals surface area contributed by atoms with Gasteiger partial charge in [0, 0.05) is 12.7 Å².